The van der Waals surface area contributed by atoms with Gasteiger partial charge >= 0.3 is 0 Å². The van der Waals surface area contributed by atoms with Gasteiger partial charge in [-0.1, -0.05) is 57.9 Å². The Balaban J connectivity index is 0.00000277. The summed E-state index contributed by atoms with van der Waals surface area (Å²) in [7, 11) is 0. The third kappa shape index (κ3) is 7.81. The van der Waals surface area contributed by atoms with E-state index < -0.39 is 0 Å². The van der Waals surface area contributed by atoms with Gasteiger partial charge in [0.15, 0.2) is 0 Å². The molecule has 25 heavy (non-hydrogen) atoms. The van der Waals surface area contributed by atoms with Crippen LogP contribution < -0.4 is 0 Å². The first-order valence-electron chi connectivity index (χ1n) is 9.51. The summed E-state index contributed by atoms with van der Waals surface area (Å²) >= 11 is 0. The Labute approximate surface area is 155 Å². The van der Waals surface area contributed by atoms with Gasteiger partial charge in [0.05, 0.1) is 0 Å². The van der Waals surface area contributed by atoms with Crippen molar-refractivity contribution in [3.05, 3.63) is 46.6 Å². The van der Waals surface area contributed by atoms with Gasteiger partial charge in [-0.15, -0.1) is 0 Å². The lowest BCUT2D eigenvalue weighted by Crippen LogP contribution is -2.15. The maximum absolute atomic E-state index is 10.3. The van der Waals surface area contributed by atoms with Gasteiger partial charge < -0.3 is 10.2 Å². The first-order chi connectivity index (χ1) is 11.7. The lowest BCUT2D eigenvalue weighted by atomic mass is 9.81. The molecule has 0 spiro atoms. The van der Waals surface area contributed by atoms with Gasteiger partial charge in [0, 0.05) is 5.56 Å². The summed E-state index contributed by atoms with van der Waals surface area (Å²) in [6.07, 6.45) is 7.88. The minimum Gasteiger partial charge on any atom is -0.508 e. The fourth-order valence-corrected chi connectivity index (χ4v) is 2.41. The summed E-state index contributed by atoms with van der Waals surface area (Å²) in [6, 6.07) is 3.59. The molecule has 0 atom stereocenters. The number of aromatic hydroxyl groups is 2. The summed E-state index contributed by atoms with van der Waals surface area (Å²) in [6.45, 7) is 16.7. The van der Waals surface area contributed by atoms with Crippen LogP contribution in [0.15, 0.2) is 35.4 Å². The van der Waals surface area contributed by atoms with Crippen LogP contribution >= 0.6 is 0 Å². The molecule has 1 rings (SSSR count). The van der Waals surface area contributed by atoms with Crippen molar-refractivity contribution in [3.63, 3.8) is 0 Å². The zero-order valence-corrected chi connectivity index (χ0v) is 17.5. The Kier molecular flexibility index (Phi) is 10.3. The summed E-state index contributed by atoms with van der Waals surface area (Å²) in [5.41, 5.74) is 4.15. The van der Waals surface area contributed by atoms with Crippen LogP contribution in [-0.4, -0.2) is 10.2 Å². The summed E-state index contributed by atoms with van der Waals surface area (Å²) in [5.74, 6) is 0.379. The molecular formula is C23H38O2. The first-order valence-corrected chi connectivity index (χ1v) is 9.51. The molecule has 0 bridgehead atoms. The first kappa shape index (κ1) is 23.3. The van der Waals surface area contributed by atoms with Crippen molar-refractivity contribution in [2.45, 2.75) is 86.5 Å². The van der Waals surface area contributed by atoms with E-state index in [0.29, 0.717) is 12.0 Å². The smallest absolute Gasteiger partial charge is 0.123 e. The van der Waals surface area contributed by atoms with Gasteiger partial charge in [-0.3, -0.25) is 0 Å². The van der Waals surface area contributed by atoms with Crippen LogP contribution in [0.2, 0.25) is 0 Å². The van der Waals surface area contributed by atoms with Crippen molar-refractivity contribution >= 4 is 0 Å². The lowest BCUT2D eigenvalue weighted by molar-refractivity contribution is 0.430. The Morgan fingerprint density at radius 3 is 1.96 bits per heavy atom. The predicted octanol–water partition coefficient (Wildman–Crippen LogP) is 7.05. The number of hydrogen-bond donors (Lipinski definition) is 2. The molecule has 0 fully saturated rings. The molecule has 0 aliphatic heterocycles. The molecular weight excluding hydrogens is 308 g/mol. The third-order valence-electron chi connectivity index (χ3n) is 4.61. The largest absolute Gasteiger partial charge is 0.508 e. The Morgan fingerprint density at radius 1 is 1.00 bits per heavy atom. The van der Waals surface area contributed by atoms with Crippen molar-refractivity contribution in [3.8, 4) is 11.5 Å². The van der Waals surface area contributed by atoms with Gasteiger partial charge in [0.2, 0.25) is 0 Å². The SMILES string of the molecule is CC.CCC(C)(C)c1cc(O)c(C/C=C(\C)CCC=C(C)C)c(O)c1. The molecule has 0 heterocycles. The Morgan fingerprint density at radius 2 is 1.52 bits per heavy atom. The van der Waals surface area contributed by atoms with Crippen LogP contribution in [0, 0.1) is 0 Å². The molecule has 0 radical (unpaired) electrons. The molecule has 2 nitrogen and oxygen atoms in total. The normalized spacial score (nSPS) is 11.6. The van der Waals surface area contributed by atoms with Gasteiger partial charge in [-0.2, -0.15) is 0 Å². The van der Waals surface area contributed by atoms with E-state index in [1.54, 1.807) is 12.1 Å². The van der Waals surface area contributed by atoms with E-state index in [-0.39, 0.29) is 16.9 Å². The lowest BCUT2D eigenvalue weighted by Gasteiger charge is -2.24. The number of allylic oxidation sites excluding steroid dienone is 4. The maximum Gasteiger partial charge on any atom is 0.123 e. The topological polar surface area (TPSA) is 40.5 Å². The highest BCUT2D eigenvalue weighted by molar-refractivity contribution is 5.49. The molecule has 0 saturated carbocycles. The van der Waals surface area contributed by atoms with E-state index in [2.05, 4.69) is 53.7 Å². The summed E-state index contributed by atoms with van der Waals surface area (Å²) in [5, 5.41) is 20.6. The third-order valence-corrected chi connectivity index (χ3v) is 4.61. The van der Waals surface area contributed by atoms with Crippen LogP contribution in [0.1, 0.15) is 85.8 Å². The van der Waals surface area contributed by atoms with E-state index in [0.717, 1.165) is 24.8 Å². The van der Waals surface area contributed by atoms with Gasteiger partial charge in [0.25, 0.3) is 0 Å². The average molecular weight is 347 g/mol. The van der Waals surface area contributed by atoms with Crippen molar-refractivity contribution in [1.82, 2.24) is 0 Å². The summed E-state index contributed by atoms with van der Waals surface area (Å²) in [4.78, 5) is 0. The van der Waals surface area contributed by atoms with Crippen LogP contribution in [0.5, 0.6) is 11.5 Å². The average Bonchev–Trinajstić information content (AvgIpc) is 2.55. The highest BCUT2D eigenvalue weighted by Crippen LogP contribution is 2.36. The zero-order valence-electron chi connectivity index (χ0n) is 17.5. The van der Waals surface area contributed by atoms with Crippen LogP contribution in [0.3, 0.4) is 0 Å². The number of benzene rings is 1. The standard InChI is InChI=1S/C21H32O2.C2H6/c1-7-21(5,6)17-13-19(22)18(20(23)14-17)12-11-16(4)10-8-9-15(2)3;1-2/h9,11,13-14,22-23H,7-8,10,12H2,1-6H3;1-2H3/b16-11+;. The Hall–Kier alpha value is -1.70. The second-order valence-electron chi connectivity index (χ2n) is 7.31. The molecule has 0 aliphatic rings. The molecule has 0 unspecified atom stereocenters. The molecule has 0 aliphatic carbocycles. The highest BCUT2D eigenvalue weighted by Gasteiger charge is 2.21. The number of rotatable bonds is 7. The molecule has 0 saturated heterocycles. The predicted molar refractivity (Wildman–Crippen MR) is 111 cm³/mol. The molecule has 0 aromatic heterocycles. The maximum atomic E-state index is 10.3. The van der Waals surface area contributed by atoms with Gasteiger partial charge in [-0.05, 0) is 69.6 Å². The molecule has 2 heteroatoms. The van der Waals surface area contributed by atoms with E-state index in [9.17, 15) is 10.2 Å². The molecule has 2 N–H and O–H groups in total. The number of phenols is 2. The minimum atomic E-state index is -0.0520. The quantitative estimate of drug-likeness (QED) is 0.519. The second kappa shape index (κ2) is 11.0. The van der Waals surface area contributed by atoms with Crippen molar-refractivity contribution in [2.24, 2.45) is 0 Å². The van der Waals surface area contributed by atoms with Crippen molar-refractivity contribution < 1.29 is 10.2 Å². The van der Waals surface area contributed by atoms with E-state index >= 15 is 0 Å². The molecule has 0 amide bonds. The molecule has 1 aromatic rings. The number of phenolic OH excluding ortho intramolecular Hbond substituents is 2. The van der Waals surface area contributed by atoms with Crippen molar-refractivity contribution in [1.29, 1.82) is 0 Å². The highest BCUT2D eigenvalue weighted by atomic mass is 16.3. The Bertz CT molecular complexity index is 565. The summed E-state index contributed by atoms with van der Waals surface area (Å²) < 4.78 is 0. The molecule has 1 aromatic carbocycles. The fourth-order valence-electron chi connectivity index (χ4n) is 2.41. The van der Waals surface area contributed by atoms with Crippen molar-refractivity contribution in [2.75, 3.05) is 0 Å². The van der Waals surface area contributed by atoms with E-state index in [1.807, 2.05) is 13.8 Å². The van der Waals surface area contributed by atoms with Crippen LogP contribution in [0.25, 0.3) is 0 Å². The van der Waals surface area contributed by atoms with Gasteiger partial charge in [0.1, 0.15) is 11.5 Å². The van der Waals surface area contributed by atoms with E-state index in [1.165, 1.54) is 11.1 Å². The van der Waals surface area contributed by atoms with Crippen LogP contribution in [0.4, 0.5) is 0 Å². The monoisotopic (exact) mass is 346 g/mol. The minimum absolute atomic E-state index is 0.0520. The van der Waals surface area contributed by atoms with E-state index in [4.69, 9.17) is 0 Å². The fraction of sp³-hybridized carbons (Fsp3) is 0.565. The number of hydrogen-bond acceptors (Lipinski definition) is 2. The van der Waals surface area contributed by atoms with Gasteiger partial charge in [-0.25, -0.2) is 0 Å². The molecule has 142 valence electrons. The van der Waals surface area contributed by atoms with Crippen LogP contribution in [-0.2, 0) is 11.8 Å². The second-order valence-corrected chi connectivity index (χ2v) is 7.31. The zero-order chi connectivity index (χ0) is 19.6.